The first-order chi connectivity index (χ1) is 19.0. The van der Waals surface area contributed by atoms with Gasteiger partial charge in [0.1, 0.15) is 11.7 Å². The lowest BCUT2D eigenvalue weighted by molar-refractivity contribution is -0.150. The maximum Gasteiger partial charge on any atom is 0.235 e. The highest BCUT2D eigenvalue weighted by atomic mass is 16.3. The first-order valence-corrected chi connectivity index (χ1v) is 13.5. The van der Waals surface area contributed by atoms with Crippen molar-refractivity contribution < 1.29 is 19.5 Å². The van der Waals surface area contributed by atoms with Gasteiger partial charge in [-0.05, 0) is 80.6 Å². The highest BCUT2D eigenvalue weighted by Gasteiger charge is 2.56. The van der Waals surface area contributed by atoms with E-state index in [0.29, 0.717) is 16.9 Å². The normalized spacial score (nSPS) is 22.8. The SMILES string of the molecule is Cc1ccc(C)c(NC(=O)C2C(=O)CC(C)(O)C(C(=O)Nc3cc(C)ccc3C)C2c2c[nH]c3ccccc23)c1. The molecule has 3 aromatic carbocycles. The molecule has 1 aliphatic carbocycles. The van der Waals surface area contributed by atoms with Crippen LogP contribution in [-0.4, -0.2) is 33.3 Å². The Morgan fingerprint density at radius 1 is 0.875 bits per heavy atom. The monoisotopic (exact) mass is 537 g/mol. The van der Waals surface area contributed by atoms with Gasteiger partial charge in [0.25, 0.3) is 0 Å². The molecule has 0 saturated heterocycles. The molecule has 1 aliphatic rings. The molecule has 1 fully saturated rings. The summed E-state index contributed by atoms with van der Waals surface area (Å²) in [4.78, 5) is 45.0. The van der Waals surface area contributed by atoms with Crippen molar-refractivity contribution in [1.29, 1.82) is 0 Å². The summed E-state index contributed by atoms with van der Waals surface area (Å²) >= 11 is 0. The van der Waals surface area contributed by atoms with E-state index in [1.54, 1.807) is 6.20 Å². The lowest BCUT2D eigenvalue weighted by atomic mass is 9.61. The van der Waals surface area contributed by atoms with Gasteiger partial charge in [0.2, 0.25) is 11.8 Å². The molecule has 1 saturated carbocycles. The van der Waals surface area contributed by atoms with E-state index in [1.807, 2.05) is 88.4 Å². The van der Waals surface area contributed by atoms with Crippen molar-refractivity contribution in [2.45, 2.75) is 52.6 Å². The Balaban J connectivity index is 1.63. The number of nitrogens with one attached hydrogen (secondary N) is 3. The second-order valence-corrected chi connectivity index (χ2v) is 11.4. The fourth-order valence-electron chi connectivity index (χ4n) is 6.00. The number of aryl methyl sites for hydroxylation is 4. The standard InChI is InChI=1S/C33H35N3O4/c1-18-10-12-20(3)25(14-18)35-31(38)29-27(37)16-33(5,40)30(32(39)36-26-15-19(2)11-13-21(26)4)28(29)23-17-34-24-9-7-6-8-22(23)24/h6-15,17,28-30,34,40H,16H2,1-5H3,(H,35,38)(H,36,39). The van der Waals surface area contributed by atoms with Gasteiger partial charge in [0, 0.05) is 40.8 Å². The van der Waals surface area contributed by atoms with Gasteiger partial charge >= 0.3 is 0 Å². The zero-order valence-electron chi connectivity index (χ0n) is 23.5. The van der Waals surface area contributed by atoms with Gasteiger partial charge in [-0.15, -0.1) is 0 Å². The van der Waals surface area contributed by atoms with Crippen molar-refractivity contribution in [3.05, 3.63) is 94.7 Å². The summed E-state index contributed by atoms with van der Waals surface area (Å²) in [5.74, 6) is -4.52. The van der Waals surface area contributed by atoms with E-state index in [4.69, 9.17) is 0 Å². The number of aromatic amines is 1. The number of ketones is 1. The third kappa shape index (κ3) is 5.05. The molecule has 2 amide bonds. The van der Waals surface area contributed by atoms with E-state index >= 15 is 0 Å². The second kappa shape index (κ2) is 10.4. The summed E-state index contributed by atoms with van der Waals surface area (Å²) in [6.45, 7) is 9.17. The van der Waals surface area contributed by atoms with Crippen LogP contribution in [0.4, 0.5) is 11.4 Å². The lowest BCUT2D eigenvalue weighted by Crippen LogP contribution is -2.56. The fourth-order valence-corrected chi connectivity index (χ4v) is 6.00. The minimum absolute atomic E-state index is 0.318. The molecule has 0 spiro atoms. The number of hydrogen-bond donors (Lipinski definition) is 4. The number of hydrogen-bond acceptors (Lipinski definition) is 4. The molecular formula is C33H35N3O4. The molecule has 5 rings (SSSR count). The fraction of sp³-hybridized carbons (Fsp3) is 0.303. The number of benzene rings is 3. The molecule has 40 heavy (non-hydrogen) atoms. The predicted molar refractivity (Wildman–Crippen MR) is 157 cm³/mol. The summed E-state index contributed by atoms with van der Waals surface area (Å²) in [5, 5.41) is 18.4. The Morgan fingerprint density at radius 2 is 1.45 bits per heavy atom. The Hall–Kier alpha value is -4.23. The zero-order valence-corrected chi connectivity index (χ0v) is 23.5. The molecule has 206 valence electrons. The predicted octanol–water partition coefficient (Wildman–Crippen LogP) is 5.72. The van der Waals surface area contributed by atoms with Crippen LogP contribution in [0, 0.1) is 39.5 Å². The summed E-state index contributed by atoms with van der Waals surface area (Å²) in [7, 11) is 0. The minimum atomic E-state index is -1.68. The van der Waals surface area contributed by atoms with Crippen LogP contribution in [0.5, 0.6) is 0 Å². The number of aromatic nitrogens is 1. The van der Waals surface area contributed by atoms with E-state index in [2.05, 4.69) is 15.6 Å². The van der Waals surface area contributed by atoms with Crippen LogP contribution in [0.25, 0.3) is 10.9 Å². The summed E-state index contributed by atoms with van der Waals surface area (Å²) in [5.41, 5.74) is 4.71. The number of aliphatic hydroxyl groups is 1. The number of amides is 2. The van der Waals surface area contributed by atoms with E-state index < -0.39 is 41.0 Å². The molecule has 0 bridgehead atoms. The number of carbonyl (C=O) groups excluding carboxylic acids is 3. The largest absolute Gasteiger partial charge is 0.389 e. The Morgan fingerprint density at radius 3 is 2.08 bits per heavy atom. The molecule has 7 nitrogen and oxygen atoms in total. The third-order valence-corrected chi connectivity index (χ3v) is 8.11. The van der Waals surface area contributed by atoms with Gasteiger partial charge in [-0.3, -0.25) is 14.4 Å². The number of fused-ring (bicyclic) bond motifs is 1. The number of Topliss-reactive ketones (excluding diaryl/α,β-unsaturated/α-hetero) is 1. The summed E-state index contributed by atoms with van der Waals surface area (Å²) in [6, 6.07) is 19.1. The molecule has 4 aromatic rings. The van der Waals surface area contributed by atoms with Gasteiger partial charge in [-0.25, -0.2) is 0 Å². The van der Waals surface area contributed by atoms with E-state index in [1.165, 1.54) is 6.92 Å². The zero-order chi connectivity index (χ0) is 28.8. The molecule has 0 radical (unpaired) electrons. The molecule has 7 heteroatoms. The molecule has 4 unspecified atom stereocenters. The maximum atomic E-state index is 14.1. The van der Waals surface area contributed by atoms with Gasteiger partial charge in [0.05, 0.1) is 11.5 Å². The molecule has 4 atom stereocenters. The third-order valence-electron chi connectivity index (χ3n) is 8.11. The quantitative estimate of drug-likeness (QED) is 0.244. The van der Waals surface area contributed by atoms with Crippen LogP contribution in [-0.2, 0) is 14.4 Å². The van der Waals surface area contributed by atoms with Gasteiger partial charge < -0.3 is 20.7 Å². The molecule has 4 N–H and O–H groups in total. The van der Waals surface area contributed by atoms with Gasteiger partial charge in [0.15, 0.2) is 0 Å². The van der Waals surface area contributed by atoms with Crippen molar-refractivity contribution in [3.8, 4) is 0 Å². The van der Waals surface area contributed by atoms with E-state index in [9.17, 15) is 19.5 Å². The smallest absolute Gasteiger partial charge is 0.235 e. The highest BCUT2D eigenvalue weighted by Crippen LogP contribution is 2.48. The maximum absolute atomic E-state index is 14.1. The van der Waals surface area contributed by atoms with Crippen LogP contribution in [0.2, 0.25) is 0 Å². The van der Waals surface area contributed by atoms with Crippen molar-refractivity contribution >= 4 is 39.9 Å². The van der Waals surface area contributed by atoms with Gasteiger partial charge in [-0.1, -0.05) is 42.5 Å². The Labute approximate surface area is 234 Å². The average Bonchev–Trinajstić information content (AvgIpc) is 3.31. The number of rotatable bonds is 5. The first kappa shape index (κ1) is 27.3. The minimum Gasteiger partial charge on any atom is -0.389 e. The summed E-state index contributed by atoms with van der Waals surface area (Å²) in [6.07, 6.45) is 1.43. The van der Waals surface area contributed by atoms with Gasteiger partial charge in [-0.2, -0.15) is 0 Å². The number of carbonyl (C=O) groups is 3. The Kier molecular flexibility index (Phi) is 7.10. The highest BCUT2D eigenvalue weighted by molar-refractivity contribution is 6.11. The van der Waals surface area contributed by atoms with Crippen LogP contribution >= 0.6 is 0 Å². The topological polar surface area (TPSA) is 111 Å². The average molecular weight is 538 g/mol. The first-order valence-electron chi connectivity index (χ1n) is 13.5. The summed E-state index contributed by atoms with van der Waals surface area (Å²) < 4.78 is 0. The molecule has 1 heterocycles. The molecular weight excluding hydrogens is 502 g/mol. The van der Waals surface area contributed by atoms with Crippen molar-refractivity contribution in [3.63, 3.8) is 0 Å². The lowest BCUT2D eigenvalue weighted by Gasteiger charge is -2.44. The van der Waals surface area contributed by atoms with Crippen LogP contribution < -0.4 is 10.6 Å². The molecule has 0 aliphatic heterocycles. The Bertz CT molecular complexity index is 1630. The van der Waals surface area contributed by atoms with Crippen LogP contribution in [0.15, 0.2) is 66.9 Å². The van der Waals surface area contributed by atoms with Crippen molar-refractivity contribution in [2.75, 3.05) is 10.6 Å². The number of anilines is 2. The van der Waals surface area contributed by atoms with Crippen LogP contribution in [0.1, 0.15) is 47.1 Å². The van der Waals surface area contributed by atoms with Crippen molar-refractivity contribution in [1.82, 2.24) is 4.98 Å². The number of para-hydroxylation sites is 1. The van der Waals surface area contributed by atoms with Crippen LogP contribution in [0.3, 0.4) is 0 Å². The second-order valence-electron chi connectivity index (χ2n) is 11.4. The van der Waals surface area contributed by atoms with Crippen molar-refractivity contribution in [2.24, 2.45) is 11.8 Å². The van der Waals surface area contributed by atoms with E-state index in [-0.39, 0.29) is 6.42 Å². The number of H-pyrrole nitrogens is 1. The molecule has 1 aromatic heterocycles. The van der Waals surface area contributed by atoms with E-state index in [0.717, 1.165) is 33.2 Å².